The zero-order chi connectivity index (χ0) is 25.6. The SMILES string of the molecule is COC(=O)CCCCN(C)C=CCN1CCC(OC(=O)NNc2ccccc2-c2ccccc2)CC1. The summed E-state index contributed by atoms with van der Waals surface area (Å²) in [7, 11) is 3.46. The first-order chi connectivity index (χ1) is 17.5. The van der Waals surface area contributed by atoms with Gasteiger partial charge < -0.3 is 14.4 Å². The van der Waals surface area contributed by atoms with Gasteiger partial charge in [0, 0.05) is 45.2 Å². The molecule has 0 radical (unpaired) electrons. The topological polar surface area (TPSA) is 83.1 Å². The van der Waals surface area contributed by atoms with E-state index in [1.165, 1.54) is 7.11 Å². The van der Waals surface area contributed by atoms with Crippen LogP contribution >= 0.6 is 0 Å². The molecule has 2 N–H and O–H groups in total. The molecule has 8 nitrogen and oxygen atoms in total. The van der Waals surface area contributed by atoms with Gasteiger partial charge in [-0.3, -0.25) is 15.1 Å². The van der Waals surface area contributed by atoms with E-state index in [-0.39, 0.29) is 12.1 Å². The molecular weight excluding hydrogens is 456 g/mol. The molecule has 1 heterocycles. The molecule has 0 spiro atoms. The molecule has 2 aromatic rings. The molecule has 1 aliphatic rings. The number of benzene rings is 2. The Bertz CT molecular complexity index is 975. The van der Waals surface area contributed by atoms with Gasteiger partial charge in [0.25, 0.3) is 0 Å². The molecule has 0 unspecified atom stereocenters. The number of nitrogens with zero attached hydrogens (tertiary/aromatic N) is 2. The van der Waals surface area contributed by atoms with E-state index in [4.69, 9.17) is 4.74 Å². The minimum absolute atomic E-state index is 0.0890. The van der Waals surface area contributed by atoms with E-state index in [1.807, 2.05) is 61.6 Å². The smallest absolute Gasteiger partial charge is 0.426 e. The molecule has 0 bridgehead atoms. The van der Waals surface area contributed by atoms with Crippen LogP contribution in [0.25, 0.3) is 11.1 Å². The number of carbonyl (C=O) groups is 2. The van der Waals surface area contributed by atoms with Crippen molar-refractivity contribution in [2.45, 2.75) is 38.2 Å². The third-order valence-electron chi connectivity index (χ3n) is 6.21. The summed E-state index contributed by atoms with van der Waals surface area (Å²) in [6.07, 6.45) is 7.57. The maximum Gasteiger partial charge on any atom is 0.426 e. The summed E-state index contributed by atoms with van der Waals surface area (Å²) in [6, 6.07) is 17.9. The summed E-state index contributed by atoms with van der Waals surface area (Å²) < 4.78 is 10.3. The van der Waals surface area contributed by atoms with E-state index in [0.29, 0.717) is 6.42 Å². The second kappa shape index (κ2) is 14.8. The highest BCUT2D eigenvalue weighted by atomic mass is 16.6. The second-order valence-corrected chi connectivity index (χ2v) is 8.97. The first-order valence-corrected chi connectivity index (χ1v) is 12.6. The molecule has 1 aliphatic heterocycles. The molecule has 0 aliphatic carbocycles. The molecule has 8 heteroatoms. The van der Waals surface area contributed by atoms with E-state index < -0.39 is 6.09 Å². The third kappa shape index (κ3) is 9.26. The van der Waals surface area contributed by atoms with Crippen LogP contribution in [-0.2, 0) is 14.3 Å². The van der Waals surface area contributed by atoms with Crippen LogP contribution in [0.3, 0.4) is 0 Å². The fourth-order valence-electron chi connectivity index (χ4n) is 4.15. The number of piperidine rings is 1. The fourth-order valence-corrected chi connectivity index (χ4v) is 4.15. The molecule has 1 fully saturated rings. The van der Waals surface area contributed by atoms with Gasteiger partial charge in [0.05, 0.1) is 12.8 Å². The number of para-hydroxylation sites is 1. The number of hydrogen-bond acceptors (Lipinski definition) is 7. The van der Waals surface area contributed by atoms with Crippen LogP contribution in [0.2, 0.25) is 0 Å². The number of carbonyl (C=O) groups excluding carboxylic acids is 2. The molecule has 1 saturated heterocycles. The van der Waals surface area contributed by atoms with Gasteiger partial charge >= 0.3 is 12.1 Å². The number of hydrogen-bond donors (Lipinski definition) is 2. The summed E-state index contributed by atoms with van der Waals surface area (Å²) in [5.74, 6) is -0.150. The molecule has 0 aromatic heterocycles. The summed E-state index contributed by atoms with van der Waals surface area (Å²) >= 11 is 0. The Labute approximate surface area is 214 Å². The maximum absolute atomic E-state index is 12.4. The largest absolute Gasteiger partial charge is 0.469 e. The van der Waals surface area contributed by atoms with Crippen LogP contribution < -0.4 is 10.9 Å². The van der Waals surface area contributed by atoms with Crippen molar-refractivity contribution >= 4 is 17.7 Å². The average Bonchev–Trinajstić information content (AvgIpc) is 2.91. The number of amides is 1. The number of anilines is 1. The van der Waals surface area contributed by atoms with Crippen molar-refractivity contribution in [1.29, 1.82) is 0 Å². The molecular formula is C28H38N4O4. The number of esters is 1. The van der Waals surface area contributed by atoms with Crippen LogP contribution in [0.1, 0.15) is 32.1 Å². The number of likely N-dealkylation sites (tertiary alicyclic amines) is 1. The van der Waals surface area contributed by atoms with Gasteiger partial charge in [-0.25, -0.2) is 10.2 Å². The number of methoxy groups -OCH3 is 1. The predicted octanol–water partition coefficient (Wildman–Crippen LogP) is 4.66. The van der Waals surface area contributed by atoms with Crippen molar-refractivity contribution in [3.63, 3.8) is 0 Å². The summed E-state index contributed by atoms with van der Waals surface area (Å²) in [5, 5.41) is 0. The van der Waals surface area contributed by atoms with E-state index in [2.05, 4.69) is 37.7 Å². The minimum atomic E-state index is -0.468. The maximum atomic E-state index is 12.4. The fraction of sp³-hybridized carbons (Fsp3) is 0.429. The Morgan fingerprint density at radius 2 is 1.78 bits per heavy atom. The first-order valence-electron chi connectivity index (χ1n) is 12.6. The number of hydrazine groups is 1. The van der Waals surface area contributed by atoms with E-state index >= 15 is 0 Å². The quantitative estimate of drug-likeness (QED) is 0.252. The standard InChI is InChI=1S/C28H38N4O4/c1-31(18-9-8-15-27(33)35-2)19-10-20-32-21-16-24(17-22-32)36-28(34)30-29-26-14-7-6-13-25(26)23-11-4-3-5-12-23/h3-7,10-14,19,24,29H,8-9,15-18,20-22H2,1-2H3,(H,30,34). The van der Waals surface area contributed by atoms with Crippen LogP contribution in [-0.4, -0.2) is 68.3 Å². The van der Waals surface area contributed by atoms with Crippen molar-refractivity contribution in [2.75, 3.05) is 45.8 Å². The van der Waals surface area contributed by atoms with Crippen molar-refractivity contribution in [1.82, 2.24) is 15.2 Å². The van der Waals surface area contributed by atoms with E-state index in [9.17, 15) is 9.59 Å². The number of nitrogens with one attached hydrogen (secondary N) is 2. The van der Waals surface area contributed by atoms with Crippen LogP contribution in [0.15, 0.2) is 66.9 Å². The molecule has 1 amide bonds. The summed E-state index contributed by atoms with van der Waals surface area (Å²) in [4.78, 5) is 28.0. The van der Waals surface area contributed by atoms with Gasteiger partial charge in [0.1, 0.15) is 6.10 Å². The number of ether oxygens (including phenoxy) is 2. The van der Waals surface area contributed by atoms with E-state index in [1.54, 1.807) is 0 Å². The van der Waals surface area contributed by atoms with Gasteiger partial charge in [0.15, 0.2) is 0 Å². The van der Waals surface area contributed by atoms with E-state index in [0.717, 1.165) is 68.7 Å². The molecule has 2 aromatic carbocycles. The molecule has 0 atom stereocenters. The van der Waals surface area contributed by atoms with Gasteiger partial charge in [-0.2, -0.15) is 0 Å². The summed E-state index contributed by atoms with van der Waals surface area (Å²) in [5.41, 5.74) is 8.57. The van der Waals surface area contributed by atoms with Gasteiger partial charge in [0.2, 0.25) is 0 Å². The van der Waals surface area contributed by atoms with Crippen molar-refractivity contribution < 1.29 is 19.1 Å². The number of rotatable bonds is 12. The zero-order valence-corrected chi connectivity index (χ0v) is 21.3. The third-order valence-corrected chi connectivity index (χ3v) is 6.21. The molecule has 3 rings (SSSR count). The minimum Gasteiger partial charge on any atom is -0.469 e. The van der Waals surface area contributed by atoms with Crippen LogP contribution in [0.4, 0.5) is 10.5 Å². The lowest BCUT2D eigenvalue weighted by molar-refractivity contribution is -0.140. The highest BCUT2D eigenvalue weighted by molar-refractivity contribution is 5.79. The average molecular weight is 495 g/mol. The Hall–Kier alpha value is -3.52. The Kier molecular flexibility index (Phi) is 11.1. The van der Waals surface area contributed by atoms with Crippen molar-refractivity contribution in [3.05, 3.63) is 66.9 Å². The van der Waals surface area contributed by atoms with Crippen LogP contribution in [0.5, 0.6) is 0 Å². The van der Waals surface area contributed by atoms with Crippen molar-refractivity contribution in [3.8, 4) is 11.1 Å². The zero-order valence-electron chi connectivity index (χ0n) is 21.3. The monoisotopic (exact) mass is 494 g/mol. The molecule has 0 saturated carbocycles. The lowest BCUT2D eigenvalue weighted by atomic mass is 10.0. The highest BCUT2D eigenvalue weighted by Gasteiger charge is 2.21. The van der Waals surface area contributed by atoms with Gasteiger partial charge in [-0.15, -0.1) is 0 Å². The Morgan fingerprint density at radius 3 is 2.53 bits per heavy atom. The van der Waals surface area contributed by atoms with Gasteiger partial charge in [-0.05, 0) is 43.5 Å². The molecule has 194 valence electrons. The van der Waals surface area contributed by atoms with Gasteiger partial charge in [-0.1, -0.05) is 54.6 Å². The highest BCUT2D eigenvalue weighted by Crippen LogP contribution is 2.27. The molecule has 36 heavy (non-hydrogen) atoms. The number of unbranched alkanes of at least 4 members (excludes halogenated alkanes) is 1. The normalized spacial score (nSPS) is 14.4. The lowest BCUT2D eigenvalue weighted by Crippen LogP contribution is -2.40. The Morgan fingerprint density at radius 1 is 1.06 bits per heavy atom. The predicted molar refractivity (Wildman–Crippen MR) is 142 cm³/mol. The lowest BCUT2D eigenvalue weighted by Gasteiger charge is -2.31. The van der Waals surface area contributed by atoms with Crippen LogP contribution in [0, 0.1) is 0 Å². The van der Waals surface area contributed by atoms with Crippen molar-refractivity contribution in [2.24, 2.45) is 0 Å². The first kappa shape index (κ1) is 27.1. The second-order valence-electron chi connectivity index (χ2n) is 8.97. The Balaban J connectivity index is 1.32. The summed E-state index contributed by atoms with van der Waals surface area (Å²) in [6.45, 7) is 3.54.